The number of ether oxygens (including phenoxy) is 1. The molecule has 1 aliphatic carbocycles. The van der Waals surface area contributed by atoms with Crippen molar-refractivity contribution in [2.75, 3.05) is 20.2 Å². The van der Waals surface area contributed by atoms with Crippen LogP contribution >= 0.6 is 11.6 Å². The van der Waals surface area contributed by atoms with E-state index >= 15 is 0 Å². The Morgan fingerprint density at radius 2 is 2.07 bits per heavy atom. The Labute approximate surface area is 89.4 Å². The second kappa shape index (κ2) is 3.70. The van der Waals surface area contributed by atoms with Gasteiger partial charge in [-0.05, 0) is 13.3 Å². The smallest absolute Gasteiger partial charge is 0.240 e. The van der Waals surface area contributed by atoms with E-state index in [4.69, 9.17) is 16.3 Å². The average molecular weight is 218 g/mol. The summed E-state index contributed by atoms with van der Waals surface area (Å²) in [4.78, 5) is 13.5. The van der Waals surface area contributed by atoms with Crippen molar-refractivity contribution in [2.24, 2.45) is 11.8 Å². The number of carbonyl (C=O) groups is 1. The van der Waals surface area contributed by atoms with E-state index in [2.05, 4.69) is 0 Å². The van der Waals surface area contributed by atoms with Crippen molar-refractivity contribution < 1.29 is 9.53 Å². The lowest BCUT2D eigenvalue weighted by molar-refractivity contribution is -0.155. The van der Waals surface area contributed by atoms with Crippen LogP contribution in [0, 0.1) is 11.8 Å². The fraction of sp³-hybridized carbons (Fsp3) is 0.900. The van der Waals surface area contributed by atoms with E-state index in [1.54, 1.807) is 14.0 Å². The lowest BCUT2D eigenvalue weighted by atomic mass is 9.68. The molecule has 2 saturated heterocycles. The number of nitrogens with zero attached hydrogens (tertiary/aromatic N) is 1. The Hall–Kier alpha value is -0.280. The number of alkyl halides is 1. The first kappa shape index (κ1) is 10.2. The highest BCUT2D eigenvalue weighted by Gasteiger charge is 2.48. The van der Waals surface area contributed by atoms with Gasteiger partial charge in [-0.25, -0.2) is 0 Å². The summed E-state index contributed by atoms with van der Waals surface area (Å²) in [6.07, 6.45) is 1.59. The van der Waals surface area contributed by atoms with Gasteiger partial charge in [0.05, 0.1) is 6.10 Å². The quantitative estimate of drug-likeness (QED) is 0.649. The number of carbonyl (C=O) groups excluding carboxylic acids is 1. The van der Waals surface area contributed by atoms with Gasteiger partial charge in [-0.1, -0.05) is 0 Å². The molecule has 0 aromatic rings. The van der Waals surface area contributed by atoms with Crippen LogP contribution in [0.25, 0.3) is 0 Å². The summed E-state index contributed by atoms with van der Waals surface area (Å²) in [5, 5.41) is -0.395. The Morgan fingerprint density at radius 3 is 2.50 bits per heavy atom. The zero-order valence-electron chi connectivity index (χ0n) is 8.57. The maximum Gasteiger partial charge on any atom is 0.240 e. The van der Waals surface area contributed by atoms with Crippen LogP contribution in [0.4, 0.5) is 0 Å². The van der Waals surface area contributed by atoms with Gasteiger partial charge in [0.1, 0.15) is 5.38 Å². The van der Waals surface area contributed by atoms with E-state index in [0.29, 0.717) is 17.9 Å². The van der Waals surface area contributed by atoms with Crippen LogP contribution in [-0.2, 0) is 9.53 Å². The van der Waals surface area contributed by atoms with Gasteiger partial charge in [0.2, 0.25) is 5.91 Å². The van der Waals surface area contributed by atoms with E-state index in [1.165, 1.54) is 6.42 Å². The van der Waals surface area contributed by atoms with E-state index in [-0.39, 0.29) is 5.91 Å². The van der Waals surface area contributed by atoms with Crippen molar-refractivity contribution in [3.8, 4) is 0 Å². The molecule has 0 N–H and O–H groups in total. The molecule has 2 aliphatic heterocycles. The Balaban J connectivity index is 1.93. The summed E-state index contributed by atoms with van der Waals surface area (Å²) < 4.78 is 5.37. The Kier molecular flexibility index (Phi) is 2.71. The van der Waals surface area contributed by atoms with Gasteiger partial charge in [0.15, 0.2) is 0 Å². The topological polar surface area (TPSA) is 29.5 Å². The minimum Gasteiger partial charge on any atom is -0.381 e. The van der Waals surface area contributed by atoms with Gasteiger partial charge in [0.25, 0.3) is 0 Å². The second-order valence-corrected chi connectivity index (χ2v) is 4.97. The molecule has 2 heterocycles. The van der Waals surface area contributed by atoms with Crippen LogP contribution in [0.3, 0.4) is 0 Å². The van der Waals surface area contributed by atoms with Gasteiger partial charge in [-0.2, -0.15) is 0 Å². The third-order valence-electron chi connectivity index (χ3n) is 3.37. The van der Waals surface area contributed by atoms with Crippen LogP contribution in [0.2, 0.25) is 0 Å². The first-order valence-corrected chi connectivity index (χ1v) is 5.52. The molecule has 0 radical (unpaired) electrons. The average Bonchev–Trinajstić information content (AvgIpc) is 2.17. The normalized spacial score (nSPS) is 37.6. The minimum absolute atomic E-state index is 0.0657. The molecule has 1 saturated carbocycles. The van der Waals surface area contributed by atoms with Crippen molar-refractivity contribution >= 4 is 17.5 Å². The van der Waals surface area contributed by atoms with Gasteiger partial charge in [-0.3, -0.25) is 4.79 Å². The second-order valence-electron chi connectivity index (χ2n) is 4.32. The number of hydrogen-bond acceptors (Lipinski definition) is 2. The van der Waals surface area contributed by atoms with E-state index < -0.39 is 5.38 Å². The number of halogens is 1. The summed E-state index contributed by atoms with van der Waals surface area (Å²) in [6.45, 7) is 3.38. The van der Waals surface area contributed by atoms with Crippen molar-refractivity contribution in [3.63, 3.8) is 0 Å². The van der Waals surface area contributed by atoms with Crippen molar-refractivity contribution in [3.05, 3.63) is 0 Å². The van der Waals surface area contributed by atoms with E-state index in [1.807, 2.05) is 4.90 Å². The molecule has 80 valence electrons. The number of piperidine rings is 2. The van der Waals surface area contributed by atoms with Gasteiger partial charge >= 0.3 is 0 Å². The summed E-state index contributed by atoms with van der Waals surface area (Å²) in [5.74, 6) is 1.15. The predicted octanol–water partition coefficient (Wildman–Crippen LogP) is 1.11. The molecule has 14 heavy (non-hydrogen) atoms. The molecular formula is C10H16ClNO2. The highest BCUT2D eigenvalue weighted by atomic mass is 35.5. The van der Waals surface area contributed by atoms with Crippen molar-refractivity contribution in [1.29, 1.82) is 0 Å². The fourth-order valence-corrected chi connectivity index (χ4v) is 2.80. The highest BCUT2D eigenvalue weighted by Crippen LogP contribution is 2.41. The molecule has 3 atom stereocenters. The van der Waals surface area contributed by atoms with E-state index in [0.717, 1.165) is 13.1 Å². The number of fused-ring (bicyclic) bond motifs is 2. The summed E-state index contributed by atoms with van der Waals surface area (Å²) in [6, 6.07) is 0. The number of hydrogen-bond donors (Lipinski definition) is 0. The molecule has 0 spiro atoms. The first-order chi connectivity index (χ1) is 6.63. The summed E-state index contributed by atoms with van der Waals surface area (Å²) in [5.41, 5.74) is 0. The molecule has 1 amide bonds. The fourth-order valence-electron chi connectivity index (χ4n) is 2.66. The van der Waals surface area contributed by atoms with Crippen molar-refractivity contribution in [1.82, 2.24) is 4.90 Å². The Morgan fingerprint density at radius 1 is 1.50 bits per heavy atom. The zero-order valence-corrected chi connectivity index (χ0v) is 9.33. The summed E-state index contributed by atoms with van der Waals surface area (Å²) in [7, 11) is 1.76. The van der Waals surface area contributed by atoms with Crippen LogP contribution in [0.5, 0.6) is 0 Å². The molecule has 2 bridgehead atoms. The number of methoxy groups -OCH3 is 1. The van der Waals surface area contributed by atoms with Gasteiger partial charge in [0, 0.05) is 32.0 Å². The third kappa shape index (κ3) is 1.52. The predicted molar refractivity (Wildman–Crippen MR) is 54.3 cm³/mol. The van der Waals surface area contributed by atoms with E-state index in [9.17, 15) is 4.79 Å². The first-order valence-electron chi connectivity index (χ1n) is 5.09. The highest BCUT2D eigenvalue weighted by molar-refractivity contribution is 6.30. The van der Waals surface area contributed by atoms with Crippen LogP contribution < -0.4 is 0 Å². The zero-order chi connectivity index (χ0) is 10.3. The monoisotopic (exact) mass is 217 g/mol. The molecule has 0 aromatic carbocycles. The maximum atomic E-state index is 11.6. The van der Waals surface area contributed by atoms with Crippen LogP contribution in [-0.4, -0.2) is 42.5 Å². The standard InChI is InChI=1S/C10H16ClNO2/c1-6(11)10(13)12-4-7-3-8(5-12)9(7)14-2/h6-9H,3-5H2,1-2H3/t6-,7+,8+/m1/s1. The Bertz CT molecular complexity index is 232. The lowest BCUT2D eigenvalue weighted by Gasteiger charge is -2.52. The molecule has 3 aliphatic rings. The van der Waals surface area contributed by atoms with Gasteiger partial charge < -0.3 is 9.64 Å². The SMILES string of the molecule is COC1[C@H]2C[C@H]1CN(C(=O)[C@@H](C)Cl)C2. The summed E-state index contributed by atoms with van der Waals surface area (Å²) >= 11 is 5.77. The largest absolute Gasteiger partial charge is 0.381 e. The number of rotatable bonds is 2. The number of amides is 1. The molecule has 0 unspecified atom stereocenters. The lowest BCUT2D eigenvalue weighted by Crippen LogP contribution is -2.61. The molecule has 0 aromatic heterocycles. The third-order valence-corrected chi connectivity index (χ3v) is 3.56. The maximum absolute atomic E-state index is 11.6. The molecule has 3 fully saturated rings. The van der Waals surface area contributed by atoms with Crippen LogP contribution in [0.15, 0.2) is 0 Å². The van der Waals surface area contributed by atoms with Crippen molar-refractivity contribution in [2.45, 2.75) is 24.8 Å². The van der Waals surface area contributed by atoms with Gasteiger partial charge in [-0.15, -0.1) is 11.6 Å². The minimum atomic E-state index is -0.395. The molecular weight excluding hydrogens is 202 g/mol. The molecule has 4 heteroatoms. The molecule has 3 rings (SSSR count). The molecule has 3 nitrogen and oxygen atoms in total. The van der Waals surface area contributed by atoms with Crippen LogP contribution in [0.1, 0.15) is 13.3 Å².